The fraction of sp³-hybridized carbons (Fsp3) is 0.211. The van der Waals surface area contributed by atoms with Crippen molar-refractivity contribution in [3.63, 3.8) is 0 Å². The van der Waals surface area contributed by atoms with E-state index in [1.807, 2.05) is 30.3 Å². The fourth-order valence-electron chi connectivity index (χ4n) is 2.87. The van der Waals surface area contributed by atoms with Crippen LogP contribution in [0.25, 0.3) is 0 Å². The molecule has 144 valence electrons. The van der Waals surface area contributed by atoms with Crippen LogP contribution >= 0.6 is 0 Å². The van der Waals surface area contributed by atoms with Crippen LogP contribution in [0.15, 0.2) is 53.6 Å². The zero-order chi connectivity index (χ0) is 20.3. The minimum absolute atomic E-state index is 0.267. The summed E-state index contributed by atoms with van der Waals surface area (Å²) in [4.78, 5) is 35.0. The summed E-state index contributed by atoms with van der Waals surface area (Å²) in [5, 5.41) is 27.6. The number of hydrogen-bond acceptors (Lipinski definition) is 6. The van der Waals surface area contributed by atoms with Gasteiger partial charge in [-0.2, -0.15) is 5.10 Å². The molecule has 3 amide bonds. The van der Waals surface area contributed by atoms with Gasteiger partial charge in [-0.3, -0.25) is 14.9 Å². The number of nitrogens with zero attached hydrogens (tertiary/aromatic N) is 3. The summed E-state index contributed by atoms with van der Waals surface area (Å²) in [6.07, 6.45) is 2.16. The Labute approximate surface area is 160 Å². The molecule has 0 aromatic heterocycles. The van der Waals surface area contributed by atoms with Crippen LogP contribution in [-0.4, -0.2) is 38.7 Å². The maximum absolute atomic E-state index is 12.7. The summed E-state index contributed by atoms with van der Waals surface area (Å²) >= 11 is 0. The van der Waals surface area contributed by atoms with Crippen molar-refractivity contribution < 1.29 is 19.6 Å². The predicted octanol–water partition coefficient (Wildman–Crippen LogP) is 2.58. The van der Waals surface area contributed by atoms with E-state index in [2.05, 4.69) is 10.4 Å². The third kappa shape index (κ3) is 3.83. The zero-order valence-electron chi connectivity index (χ0n) is 15.0. The molecule has 3 rings (SSSR count). The van der Waals surface area contributed by atoms with Crippen LogP contribution in [-0.2, 0) is 11.2 Å². The summed E-state index contributed by atoms with van der Waals surface area (Å²) in [5.74, 6) is -0.983. The molecule has 1 fully saturated rings. The third-order valence-corrected chi connectivity index (χ3v) is 4.51. The molecule has 9 nitrogen and oxygen atoms in total. The van der Waals surface area contributed by atoms with Crippen molar-refractivity contribution in [1.82, 2.24) is 10.3 Å². The first-order valence-electron chi connectivity index (χ1n) is 8.52. The number of phenolic OH excluding ortho intramolecular Hbond substituents is 1. The van der Waals surface area contributed by atoms with E-state index >= 15 is 0 Å². The normalized spacial score (nSPS) is 19.2. The van der Waals surface area contributed by atoms with Gasteiger partial charge >= 0.3 is 11.7 Å². The number of hydrazone groups is 1. The van der Waals surface area contributed by atoms with E-state index in [1.54, 1.807) is 6.92 Å². The fourth-order valence-corrected chi connectivity index (χ4v) is 2.87. The number of nitrogens with one attached hydrogen (secondary N) is 1. The molecule has 0 saturated carbocycles. The lowest BCUT2D eigenvalue weighted by atomic mass is 9.93. The molecule has 28 heavy (non-hydrogen) atoms. The molecule has 1 atom stereocenters. The second-order valence-electron chi connectivity index (χ2n) is 6.61. The second kappa shape index (κ2) is 7.47. The van der Waals surface area contributed by atoms with Crippen molar-refractivity contribution in [2.45, 2.75) is 25.3 Å². The average Bonchev–Trinajstić information content (AvgIpc) is 2.89. The SMILES string of the molecule is C[C@]1(CCc2ccccc2)NC(=O)N(/N=C\c2ccc(O)c([N+](=O)[O-])c2)C1=O. The van der Waals surface area contributed by atoms with Gasteiger partial charge < -0.3 is 10.4 Å². The van der Waals surface area contributed by atoms with E-state index in [0.29, 0.717) is 17.9 Å². The van der Waals surface area contributed by atoms with Crippen molar-refractivity contribution >= 4 is 23.8 Å². The van der Waals surface area contributed by atoms with E-state index in [-0.39, 0.29) is 5.56 Å². The van der Waals surface area contributed by atoms with Gasteiger partial charge in [0.05, 0.1) is 11.1 Å². The molecule has 0 aliphatic carbocycles. The standard InChI is InChI=1S/C19H18N4O5/c1-19(10-9-13-5-3-2-4-6-13)17(25)22(18(26)21-19)20-12-14-7-8-16(24)15(11-14)23(27)28/h2-8,11-12,24H,9-10H2,1H3,(H,21,26)/b20-12-/t19-/m1/s1. The predicted molar refractivity (Wildman–Crippen MR) is 101 cm³/mol. The quantitative estimate of drug-likeness (QED) is 0.344. The number of benzene rings is 2. The van der Waals surface area contributed by atoms with Gasteiger partial charge in [0.15, 0.2) is 5.75 Å². The second-order valence-corrected chi connectivity index (χ2v) is 6.61. The van der Waals surface area contributed by atoms with Crippen LogP contribution in [0, 0.1) is 10.1 Å². The molecule has 0 spiro atoms. The van der Waals surface area contributed by atoms with Crippen molar-refractivity contribution in [2.75, 3.05) is 0 Å². The summed E-state index contributed by atoms with van der Waals surface area (Å²) in [5.41, 5.74) is -0.272. The summed E-state index contributed by atoms with van der Waals surface area (Å²) in [6, 6.07) is 12.6. The van der Waals surface area contributed by atoms with Gasteiger partial charge in [0.1, 0.15) is 5.54 Å². The number of aromatic hydroxyl groups is 1. The first kappa shape index (κ1) is 19.0. The smallest absolute Gasteiger partial charge is 0.346 e. The lowest BCUT2D eigenvalue weighted by Crippen LogP contribution is -2.44. The highest BCUT2D eigenvalue weighted by atomic mass is 16.6. The molecule has 1 aliphatic heterocycles. The van der Waals surface area contributed by atoms with Crippen LogP contribution in [0.5, 0.6) is 5.75 Å². The molecule has 2 aromatic carbocycles. The lowest BCUT2D eigenvalue weighted by Gasteiger charge is -2.20. The van der Waals surface area contributed by atoms with Crippen LogP contribution < -0.4 is 5.32 Å². The highest BCUT2D eigenvalue weighted by Crippen LogP contribution is 2.26. The van der Waals surface area contributed by atoms with E-state index in [0.717, 1.165) is 23.9 Å². The van der Waals surface area contributed by atoms with Gasteiger partial charge in [-0.05, 0) is 37.5 Å². The highest BCUT2D eigenvalue weighted by Gasteiger charge is 2.47. The Morgan fingerprint density at radius 3 is 2.64 bits per heavy atom. The lowest BCUT2D eigenvalue weighted by molar-refractivity contribution is -0.385. The zero-order valence-corrected chi connectivity index (χ0v) is 15.0. The van der Waals surface area contributed by atoms with Crippen molar-refractivity contribution in [1.29, 1.82) is 0 Å². The summed E-state index contributed by atoms with van der Waals surface area (Å²) < 4.78 is 0. The van der Waals surface area contributed by atoms with Crippen LogP contribution in [0.4, 0.5) is 10.5 Å². The summed E-state index contributed by atoms with van der Waals surface area (Å²) in [6.45, 7) is 1.64. The Kier molecular flexibility index (Phi) is 5.08. The van der Waals surface area contributed by atoms with Crippen molar-refractivity contribution in [3.05, 3.63) is 69.8 Å². The molecule has 1 heterocycles. The Balaban J connectivity index is 1.74. The monoisotopic (exact) mass is 382 g/mol. The topological polar surface area (TPSA) is 125 Å². The van der Waals surface area contributed by atoms with E-state index in [9.17, 15) is 24.8 Å². The largest absolute Gasteiger partial charge is 0.502 e. The molecule has 0 unspecified atom stereocenters. The molecule has 1 saturated heterocycles. The maximum atomic E-state index is 12.7. The molecule has 0 bridgehead atoms. The molecule has 2 N–H and O–H groups in total. The van der Waals surface area contributed by atoms with Crippen molar-refractivity contribution in [2.24, 2.45) is 5.10 Å². The van der Waals surface area contributed by atoms with E-state index in [1.165, 1.54) is 6.07 Å². The Morgan fingerprint density at radius 1 is 1.25 bits per heavy atom. The first-order chi connectivity index (χ1) is 13.3. The van der Waals surface area contributed by atoms with E-state index < -0.39 is 33.8 Å². The van der Waals surface area contributed by atoms with Crippen LogP contribution in [0.2, 0.25) is 0 Å². The number of phenols is 1. The average molecular weight is 382 g/mol. The summed E-state index contributed by atoms with van der Waals surface area (Å²) in [7, 11) is 0. The first-order valence-corrected chi connectivity index (χ1v) is 8.52. The van der Waals surface area contributed by atoms with Gasteiger partial charge in [0.2, 0.25) is 0 Å². The number of carbonyl (C=O) groups excluding carboxylic acids is 2. The maximum Gasteiger partial charge on any atom is 0.346 e. The Morgan fingerprint density at radius 2 is 1.96 bits per heavy atom. The Bertz CT molecular complexity index is 960. The molecule has 1 aliphatic rings. The number of nitro benzene ring substituents is 1. The molecule has 2 aromatic rings. The number of rotatable bonds is 6. The van der Waals surface area contributed by atoms with Crippen LogP contribution in [0.3, 0.4) is 0 Å². The number of amides is 3. The van der Waals surface area contributed by atoms with Crippen molar-refractivity contribution in [3.8, 4) is 5.75 Å². The third-order valence-electron chi connectivity index (χ3n) is 4.51. The Hall–Kier alpha value is -3.75. The minimum atomic E-state index is -1.09. The number of nitro groups is 1. The van der Waals surface area contributed by atoms with Crippen LogP contribution in [0.1, 0.15) is 24.5 Å². The number of aryl methyl sites for hydroxylation is 1. The van der Waals surface area contributed by atoms with Gasteiger partial charge in [0, 0.05) is 11.6 Å². The number of carbonyl (C=O) groups is 2. The van der Waals surface area contributed by atoms with Gasteiger partial charge in [-0.15, -0.1) is 5.01 Å². The van der Waals surface area contributed by atoms with E-state index in [4.69, 9.17) is 0 Å². The van der Waals surface area contributed by atoms with Gasteiger partial charge in [-0.25, -0.2) is 4.79 Å². The number of urea groups is 1. The minimum Gasteiger partial charge on any atom is -0.502 e. The number of hydrogen-bond donors (Lipinski definition) is 2. The molecular weight excluding hydrogens is 364 g/mol. The molecule has 9 heteroatoms. The molecule has 0 radical (unpaired) electrons. The number of imide groups is 1. The van der Waals surface area contributed by atoms with Gasteiger partial charge in [0.25, 0.3) is 5.91 Å². The van der Waals surface area contributed by atoms with Gasteiger partial charge in [-0.1, -0.05) is 30.3 Å². The molecular formula is C19H18N4O5. The highest BCUT2D eigenvalue weighted by molar-refractivity contribution is 6.07.